The van der Waals surface area contributed by atoms with Crippen molar-refractivity contribution in [2.45, 2.75) is 12.6 Å². The molecular weight excluding hydrogens is 268 g/mol. The van der Waals surface area contributed by atoms with Crippen molar-refractivity contribution < 1.29 is 9.84 Å². The minimum Gasteiger partial charge on any atom is -0.491 e. The Balaban J connectivity index is 1.67. The van der Waals surface area contributed by atoms with Crippen molar-refractivity contribution >= 4 is 0 Å². The topological polar surface area (TPSA) is 83.1 Å². The molecule has 6 heteroatoms. The molecular formula is C15H18N4O2. The van der Waals surface area contributed by atoms with Gasteiger partial charge in [0.05, 0.1) is 17.3 Å². The standard InChI is InChI=1S/C15H18N4O2/c1-19-7-6-13(18-19)9-17-10-14(20)11-21-15-4-2-12(8-16)3-5-15/h2-7,14,17,20H,9-11H2,1H3. The molecule has 110 valence electrons. The molecule has 0 aliphatic rings. The van der Waals surface area contributed by atoms with Crippen LogP contribution in [0.25, 0.3) is 0 Å². The molecule has 2 rings (SSSR count). The van der Waals surface area contributed by atoms with E-state index in [0.29, 0.717) is 24.4 Å². The number of nitrogens with one attached hydrogen (secondary N) is 1. The first-order chi connectivity index (χ1) is 10.2. The van der Waals surface area contributed by atoms with E-state index in [2.05, 4.69) is 10.4 Å². The number of ether oxygens (including phenoxy) is 1. The van der Waals surface area contributed by atoms with E-state index in [1.807, 2.05) is 25.4 Å². The number of nitrogens with zero attached hydrogens (tertiary/aromatic N) is 3. The molecule has 21 heavy (non-hydrogen) atoms. The Morgan fingerprint density at radius 3 is 2.76 bits per heavy atom. The molecule has 2 N–H and O–H groups in total. The molecule has 0 radical (unpaired) electrons. The highest BCUT2D eigenvalue weighted by atomic mass is 16.5. The summed E-state index contributed by atoms with van der Waals surface area (Å²) in [5.74, 6) is 0.637. The van der Waals surface area contributed by atoms with Crippen molar-refractivity contribution in [2.75, 3.05) is 13.2 Å². The summed E-state index contributed by atoms with van der Waals surface area (Å²) in [6, 6.07) is 10.8. The minimum atomic E-state index is -0.607. The number of aliphatic hydroxyl groups is 1. The highest BCUT2D eigenvalue weighted by Gasteiger charge is 2.06. The highest BCUT2D eigenvalue weighted by molar-refractivity contribution is 5.34. The predicted molar refractivity (Wildman–Crippen MR) is 77.6 cm³/mol. The fraction of sp³-hybridized carbons (Fsp3) is 0.333. The smallest absolute Gasteiger partial charge is 0.119 e. The van der Waals surface area contributed by atoms with E-state index in [1.54, 1.807) is 28.9 Å². The van der Waals surface area contributed by atoms with Gasteiger partial charge in [0.1, 0.15) is 18.5 Å². The highest BCUT2D eigenvalue weighted by Crippen LogP contribution is 2.11. The molecule has 1 unspecified atom stereocenters. The molecule has 0 aliphatic heterocycles. The lowest BCUT2D eigenvalue weighted by Gasteiger charge is -2.12. The second kappa shape index (κ2) is 7.43. The Morgan fingerprint density at radius 1 is 1.38 bits per heavy atom. The van der Waals surface area contributed by atoms with Gasteiger partial charge in [0.2, 0.25) is 0 Å². The maximum absolute atomic E-state index is 9.83. The van der Waals surface area contributed by atoms with E-state index >= 15 is 0 Å². The van der Waals surface area contributed by atoms with Crippen LogP contribution in [0.4, 0.5) is 0 Å². The van der Waals surface area contributed by atoms with Crippen molar-refractivity contribution in [3.05, 3.63) is 47.8 Å². The predicted octanol–water partition coefficient (Wildman–Crippen LogP) is 0.821. The van der Waals surface area contributed by atoms with Crippen molar-refractivity contribution in [2.24, 2.45) is 7.05 Å². The largest absolute Gasteiger partial charge is 0.491 e. The van der Waals surface area contributed by atoms with Crippen LogP contribution in [0.1, 0.15) is 11.3 Å². The molecule has 0 fully saturated rings. The van der Waals surface area contributed by atoms with Crippen molar-refractivity contribution in [1.29, 1.82) is 5.26 Å². The van der Waals surface area contributed by atoms with Crippen LogP contribution in [-0.2, 0) is 13.6 Å². The molecule has 2 aromatic rings. The van der Waals surface area contributed by atoms with E-state index in [4.69, 9.17) is 10.00 Å². The minimum absolute atomic E-state index is 0.196. The van der Waals surface area contributed by atoms with Gasteiger partial charge in [-0.15, -0.1) is 0 Å². The first-order valence-electron chi connectivity index (χ1n) is 6.67. The van der Waals surface area contributed by atoms with Crippen LogP contribution >= 0.6 is 0 Å². The summed E-state index contributed by atoms with van der Waals surface area (Å²) in [6.07, 6.45) is 1.27. The van der Waals surface area contributed by atoms with Crippen molar-refractivity contribution in [1.82, 2.24) is 15.1 Å². The average Bonchev–Trinajstić information content (AvgIpc) is 2.91. The van der Waals surface area contributed by atoms with Crippen LogP contribution in [0.5, 0.6) is 5.75 Å². The van der Waals surface area contributed by atoms with Crippen LogP contribution in [0.15, 0.2) is 36.5 Å². The molecule has 1 aromatic heterocycles. The molecule has 0 amide bonds. The van der Waals surface area contributed by atoms with Crippen molar-refractivity contribution in [3.63, 3.8) is 0 Å². The fourth-order valence-corrected chi connectivity index (χ4v) is 1.80. The summed E-state index contributed by atoms with van der Waals surface area (Å²) in [5.41, 5.74) is 1.51. The molecule has 0 saturated carbocycles. The Bertz CT molecular complexity index is 601. The van der Waals surface area contributed by atoms with Crippen LogP contribution in [0.2, 0.25) is 0 Å². The quantitative estimate of drug-likeness (QED) is 0.787. The van der Waals surface area contributed by atoms with E-state index in [0.717, 1.165) is 5.69 Å². The van der Waals surface area contributed by atoms with Gasteiger partial charge in [-0.2, -0.15) is 10.4 Å². The number of aromatic nitrogens is 2. The van der Waals surface area contributed by atoms with Crippen LogP contribution < -0.4 is 10.1 Å². The second-order valence-corrected chi connectivity index (χ2v) is 4.71. The number of rotatable bonds is 7. The van der Waals surface area contributed by atoms with Gasteiger partial charge >= 0.3 is 0 Å². The van der Waals surface area contributed by atoms with Crippen molar-refractivity contribution in [3.8, 4) is 11.8 Å². The molecule has 0 saturated heterocycles. The molecule has 1 aromatic carbocycles. The number of aryl methyl sites for hydroxylation is 1. The first-order valence-corrected chi connectivity index (χ1v) is 6.67. The lowest BCUT2D eigenvalue weighted by molar-refractivity contribution is 0.106. The van der Waals surface area contributed by atoms with Gasteiger partial charge in [0, 0.05) is 26.3 Å². The number of hydrogen-bond acceptors (Lipinski definition) is 5. The Kier molecular flexibility index (Phi) is 5.32. The zero-order valence-corrected chi connectivity index (χ0v) is 11.9. The Morgan fingerprint density at radius 2 is 2.14 bits per heavy atom. The zero-order valence-electron chi connectivity index (χ0n) is 11.9. The number of benzene rings is 1. The third-order valence-corrected chi connectivity index (χ3v) is 2.88. The number of nitriles is 1. The summed E-state index contributed by atoms with van der Waals surface area (Å²) in [7, 11) is 1.86. The van der Waals surface area contributed by atoms with E-state index < -0.39 is 6.10 Å². The Labute approximate surface area is 123 Å². The van der Waals surface area contributed by atoms with Crippen LogP contribution in [0.3, 0.4) is 0 Å². The lowest BCUT2D eigenvalue weighted by atomic mass is 10.2. The summed E-state index contributed by atoms with van der Waals surface area (Å²) < 4.78 is 7.19. The van der Waals surface area contributed by atoms with Crippen LogP contribution in [-0.4, -0.2) is 34.1 Å². The molecule has 6 nitrogen and oxygen atoms in total. The second-order valence-electron chi connectivity index (χ2n) is 4.71. The third kappa shape index (κ3) is 4.91. The summed E-state index contributed by atoms with van der Waals surface area (Å²) >= 11 is 0. The van der Waals surface area contributed by atoms with Gasteiger partial charge in [-0.3, -0.25) is 4.68 Å². The molecule has 0 spiro atoms. The van der Waals surface area contributed by atoms with E-state index in [-0.39, 0.29) is 6.61 Å². The maximum atomic E-state index is 9.83. The SMILES string of the molecule is Cn1ccc(CNCC(O)COc2ccc(C#N)cc2)n1. The van der Waals surface area contributed by atoms with Gasteiger partial charge < -0.3 is 15.2 Å². The first kappa shape index (κ1) is 15.0. The summed E-state index contributed by atoms with van der Waals surface area (Å²) in [4.78, 5) is 0. The maximum Gasteiger partial charge on any atom is 0.119 e. The summed E-state index contributed by atoms with van der Waals surface area (Å²) in [5, 5.41) is 25.9. The van der Waals surface area contributed by atoms with Gasteiger partial charge in [0.15, 0.2) is 0 Å². The Hall–Kier alpha value is -2.36. The fourth-order valence-electron chi connectivity index (χ4n) is 1.80. The number of hydrogen-bond donors (Lipinski definition) is 2. The normalized spacial score (nSPS) is 11.9. The molecule has 0 bridgehead atoms. The summed E-state index contributed by atoms with van der Waals surface area (Å²) in [6.45, 7) is 1.22. The molecule has 1 atom stereocenters. The van der Waals surface area contributed by atoms with Gasteiger partial charge in [-0.05, 0) is 30.3 Å². The average molecular weight is 286 g/mol. The zero-order chi connectivity index (χ0) is 15.1. The van der Waals surface area contributed by atoms with Crippen LogP contribution in [0, 0.1) is 11.3 Å². The number of aliphatic hydroxyl groups excluding tert-OH is 1. The van der Waals surface area contributed by atoms with E-state index in [1.165, 1.54) is 0 Å². The van der Waals surface area contributed by atoms with Gasteiger partial charge in [-0.25, -0.2) is 0 Å². The molecule has 0 aliphatic carbocycles. The van der Waals surface area contributed by atoms with Gasteiger partial charge in [-0.1, -0.05) is 0 Å². The third-order valence-electron chi connectivity index (χ3n) is 2.88. The van der Waals surface area contributed by atoms with Gasteiger partial charge in [0.25, 0.3) is 0 Å². The molecule has 1 heterocycles. The van der Waals surface area contributed by atoms with E-state index in [9.17, 15) is 5.11 Å². The monoisotopic (exact) mass is 286 g/mol. The lowest BCUT2D eigenvalue weighted by Crippen LogP contribution is -2.31.